The Balaban J connectivity index is 1.17. The topological polar surface area (TPSA) is 96.2 Å². The number of rotatable bonds is 10. The third-order valence-corrected chi connectivity index (χ3v) is 6.97. The second-order valence-electron chi connectivity index (χ2n) is 9.42. The third kappa shape index (κ3) is 6.93. The summed E-state index contributed by atoms with van der Waals surface area (Å²) in [5.74, 6) is 2.64. The predicted molar refractivity (Wildman–Crippen MR) is 132 cm³/mol. The summed E-state index contributed by atoms with van der Waals surface area (Å²) < 4.78 is 16.1. The van der Waals surface area contributed by atoms with Crippen LogP contribution in [0.25, 0.3) is 11.4 Å². The fraction of sp³-hybridized carbons (Fsp3) is 0.640. The van der Waals surface area contributed by atoms with Gasteiger partial charge in [0.15, 0.2) is 11.5 Å². The number of nitrogens with one attached hydrogen (secondary N) is 1. The summed E-state index contributed by atoms with van der Waals surface area (Å²) in [6, 6.07) is 5.54. The van der Waals surface area contributed by atoms with Crippen molar-refractivity contribution < 1.29 is 18.8 Å². The summed E-state index contributed by atoms with van der Waals surface area (Å²) in [6.45, 7) is 8.59. The Kier molecular flexibility index (Phi) is 8.95. The van der Waals surface area contributed by atoms with Gasteiger partial charge in [0.05, 0.1) is 20.8 Å². The number of aromatic nitrogens is 2. The van der Waals surface area contributed by atoms with E-state index < -0.39 is 0 Å². The van der Waals surface area contributed by atoms with Gasteiger partial charge in [-0.1, -0.05) is 5.16 Å². The van der Waals surface area contributed by atoms with Gasteiger partial charge < -0.3 is 29.1 Å². The lowest BCUT2D eigenvalue weighted by molar-refractivity contribution is -0.126. The Morgan fingerprint density at radius 1 is 1.06 bits per heavy atom. The summed E-state index contributed by atoms with van der Waals surface area (Å²) in [4.78, 5) is 24.3. The van der Waals surface area contributed by atoms with E-state index in [0.717, 1.165) is 77.2 Å². The number of piperidine rings is 1. The van der Waals surface area contributed by atoms with Gasteiger partial charge in [-0.05, 0) is 64.1 Å². The van der Waals surface area contributed by atoms with E-state index in [-0.39, 0.29) is 11.8 Å². The standard InChI is InChI=1S/C25H38N6O4/c1-29-13-15-30(16-14-29)10-4-9-26-25(32)19-7-11-31(12-8-19)18-23-27-24(28-35-23)20-5-6-21(33-2)22(17-20)34-3/h5-6,17,19H,4,7-16,18H2,1-3H3,(H,26,32). The summed E-state index contributed by atoms with van der Waals surface area (Å²) in [5, 5.41) is 7.28. The molecule has 2 aliphatic heterocycles. The van der Waals surface area contributed by atoms with Crippen LogP contribution in [0, 0.1) is 5.92 Å². The normalized spacial score (nSPS) is 18.5. The van der Waals surface area contributed by atoms with Crippen LogP contribution in [0.1, 0.15) is 25.2 Å². The van der Waals surface area contributed by atoms with Crippen molar-refractivity contribution in [2.75, 3.05) is 73.6 Å². The highest BCUT2D eigenvalue weighted by Crippen LogP contribution is 2.31. The van der Waals surface area contributed by atoms with E-state index in [1.165, 1.54) is 0 Å². The van der Waals surface area contributed by atoms with Gasteiger partial charge in [0.1, 0.15) is 0 Å². The van der Waals surface area contributed by atoms with Crippen LogP contribution in [0.15, 0.2) is 22.7 Å². The fourth-order valence-electron chi connectivity index (χ4n) is 4.69. The number of amides is 1. The fourth-order valence-corrected chi connectivity index (χ4v) is 4.69. The highest BCUT2D eigenvalue weighted by Gasteiger charge is 2.26. The Hall–Kier alpha value is -2.69. The van der Waals surface area contributed by atoms with Gasteiger partial charge in [0.25, 0.3) is 0 Å². The zero-order valence-electron chi connectivity index (χ0n) is 21.2. The lowest BCUT2D eigenvalue weighted by Gasteiger charge is -2.32. The van der Waals surface area contributed by atoms with E-state index in [1.54, 1.807) is 14.2 Å². The van der Waals surface area contributed by atoms with Crippen LogP contribution in [-0.4, -0.2) is 104 Å². The number of hydrogen-bond donors (Lipinski definition) is 1. The van der Waals surface area contributed by atoms with Gasteiger partial charge in [-0.15, -0.1) is 0 Å². The van der Waals surface area contributed by atoms with E-state index in [9.17, 15) is 4.79 Å². The lowest BCUT2D eigenvalue weighted by atomic mass is 9.96. The monoisotopic (exact) mass is 486 g/mol. The first-order valence-corrected chi connectivity index (χ1v) is 12.5. The molecule has 0 atom stereocenters. The van der Waals surface area contributed by atoms with Crippen LogP contribution in [0.2, 0.25) is 0 Å². The molecular weight excluding hydrogens is 448 g/mol. The minimum Gasteiger partial charge on any atom is -0.493 e. The van der Waals surface area contributed by atoms with Crippen molar-refractivity contribution in [3.8, 4) is 22.9 Å². The number of methoxy groups -OCH3 is 2. The largest absolute Gasteiger partial charge is 0.493 e. The number of piperazine rings is 1. The summed E-state index contributed by atoms with van der Waals surface area (Å²) in [7, 11) is 5.37. The molecule has 3 heterocycles. The molecule has 0 aliphatic carbocycles. The number of hydrogen-bond acceptors (Lipinski definition) is 9. The Morgan fingerprint density at radius 3 is 2.51 bits per heavy atom. The maximum atomic E-state index is 12.6. The zero-order valence-corrected chi connectivity index (χ0v) is 21.2. The van der Waals surface area contributed by atoms with Crippen LogP contribution in [0.4, 0.5) is 0 Å². The van der Waals surface area contributed by atoms with Crippen molar-refractivity contribution in [1.82, 2.24) is 30.2 Å². The first kappa shape index (κ1) is 25.4. The molecule has 2 saturated heterocycles. The number of ether oxygens (including phenoxy) is 2. The lowest BCUT2D eigenvalue weighted by Crippen LogP contribution is -2.45. The molecule has 0 spiro atoms. The minimum absolute atomic E-state index is 0.0832. The highest BCUT2D eigenvalue weighted by atomic mass is 16.5. The Morgan fingerprint density at radius 2 is 1.80 bits per heavy atom. The average molecular weight is 487 g/mol. The molecule has 1 aromatic heterocycles. The molecule has 1 aromatic carbocycles. The first-order chi connectivity index (χ1) is 17.1. The van der Waals surface area contributed by atoms with E-state index in [4.69, 9.17) is 14.0 Å². The molecule has 2 aromatic rings. The molecule has 0 saturated carbocycles. The number of carbonyl (C=O) groups excluding carboxylic acids is 1. The van der Waals surface area contributed by atoms with Crippen LogP contribution in [-0.2, 0) is 11.3 Å². The SMILES string of the molecule is COc1ccc(-c2noc(CN3CCC(C(=O)NCCCN4CCN(C)CC4)CC3)n2)cc1OC. The van der Waals surface area contributed by atoms with Crippen molar-refractivity contribution in [3.63, 3.8) is 0 Å². The van der Waals surface area contributed by atoms with Crippen LogP contribution in [0.3, 0.4) is 0 Å². The molecule has 10 heteroatoms. The number of likely N-dealkylation sites (tertiary alicyclic amines) is 1. The minimum atomic E-state index is 0.0832. The zero-order chi connectivity index (χ0) is 24.6. The predicted octanol–water partition coefficient (Wildman–Crippen LogP) is 1.72. The second-order valence-corrected chi connectivity index (χ2v) is 9.42. The maximum absolute atomic E-state index is 12.6. The van der Waals surface area contributed by atoms with Crippen LogP contribution in [0.5, 0.6) is 11.5 Å². The smallest absolute Gasteiger partial charge is 0.241 e. The van der Waals surface area contributed by atoms with E-state index in [0.29, 0.717) is 29.8 Å². The molecule has 2 aliphatic rings. The van der Waals surface area contributed by atoms with Gasteiger partial charge in [-0.2, -0.15) is 4.98 Å². The van der Waals surface area contributed by atoms with E-state index >= 15 is 0 Å². The second kappa shape index (κ2) is 12.3. The molecular formula is C25H38N6O4. The Bertz CT molecular complexity index is 951. The van der Waals surface area contributed by atoms with Crippen molar-refractivity contribution in [1.29, 1.82) is 0 Å². The van der Waals surface area contributed by atoms with Crippen LogP contribution >= 0.6 is 0 Å². The summed E-state index contributed by atoms with van der Waals surface area (Å²) in [5.41, 5.74) is 0.806. The number of carbonyl (C=O) groups is 1. The van der Waals surface area contributed by atoms with Crippen LogP contribution < -0.4 is 14.8 Å². The van der Waals surface area contributed by atoms with E-state index in [2.05, 4.69) is 37.2 Å². The molecule has 1 amide bonds. The van der Waals surface area contributed by atoms with Gasteiger partial charge >= 0.3 is 0 Å². The molecule has 0 radical (unpaired) electrons. The molecule has 0 unspecified atom stereocenters. The molecule has 1 N–H and O–H groups in total. The third-order valence-electron chi connectivity index (χ3n) is 6.97. The van der Waals surface area contributed by atoms with Gasteiger partial charge in [-0.3, -0.25) is 9.69 Å². The molecule has 192 valence electrons. The summed E-state index contributed by atoms with van der Waals surface area (Å²) in [6.07, 6.45) is 2.70. The first-order valence-electron chi connectivity index (χ1n) is 12.5. The van der Waals surface area contributed by atoms with Crippen molar-refractivity contribution in [2.24, 2.45) is 5.92 Å². The van der Waals surface area contributed by atoms with Gasteiger partial charge in [0, 0.05) is 44.2 Å². The molecule has 4 rings (SSSR count). The average Bonchev–Trinajstić information content (AvgIpc) is 3.36. The number of benzene rings is 1. The molecule has 0 bridgehead atoms. The van der Waals surface area contributed by atoms with Crippen molar-refractivity contribution in [3.05, 3.63) is 24.1 Å². The van der Waals surface area contributed by atoms with Gasteiger partial charge in [0.2, 0.25) is 17.6 Å². The Labute approximate surface area is 207 Å². The summed E-state index contributed by atoms with van der Waals surface area (Å²) >= 11 is 0. The van der Waals surface area contributed by atoms with Crippen molar-refractivity contribution in [2.45, 2.75) is 25.8 Å². The molecule has 35 heavy (non-hydrogen) atoms. The highest BCUT2D eigenvalue weighted by molar-refractivity contribution is 5.78. The molecule has 10 nitrogen and oxygen atoms in total. The van der Waals surface area contributed by atoms with E-state index in [1.807, 2.05) is 18.2 Å². The number of nitrogens with zero attached hydrogens (tertiary/aromatic N) is 5. The molecule has 2 fully saturated rings. The maximum Gasteiger partial charge on any atom is 0.241 e. The quantitative estimate of drug-likeness (QED) is 0.504. The number of likely N-dealkylation sites (N-methyl/N-ethyl adjacent to an activating group) is 1. The van der Waals surface area contributed by atoms with Crippen molar-refractivity contribution >= 4 is 5.91 Å². The van der Waals surface area contributed by atoms with Gasteiger partial charge in [-0.25, -0.2) is 0 Å².